The van der Waals surface area contributed by atoms with Crippen LogP contribution in [0.1, 0.15) is 40.5 Å². The number of carbonyl (C=O) groups excluding carboxylic acids is 1. The van der Waals surface area contributed by atoms with Gasteiger partial charge in [0, 0.05) is 6.20 Å². The number of aromatic nitrogens is 1. The minimum Gasteiger partial charge on any atom is -0.366 e. The Morgan fingerprint density at radius 1 is 1.50 bits per heavy atom. The maximum atomic E-state index is 11.3. The smallest absolute Gasteiger partial charge is 0.250 e. The first-order valence-corrected chi connectivity index (χ1v) is 4.82. The molecule has 0 aliphatic heterocycles. The van der Waals surface area contributed by atoms with Gasteiger partial charge in [0.15, 0.2) is 0 Å². The fraction of sp³-hybridized carbons (Fsp3) is 0.455. The van der Waals surface area contributed by atoms with Gasteiger partial charge in [-0.1, -0.05) is 13.3 Å². The van der Waals surface area contributed by atoms with Crippen LogP contribution in [0.3, 0.4) is 0 Å². The van der Waals surface area contributed by atoms with E-state index in [9.17, 15) is 4.79 Å². The van der Waals surface area contributed by atoms with Crippen molar-refractivity contribution in [3.8, 4) is 0 Å². The van der Waals surface area contributed by atoms with Crippen molar-refractivity contribution in [1.29, 1.82) is 0 Å². The van der Waals surface area contributed by atoms with Crippen LogP contribution in [0.15, 0.2) is 6.20 Å². The van der Waals surface area contributed by atoms with Crippen molar-refractivity contribution in [2.24, 2.45) is 5.73 Å². The number of amides is 1. The normalized spacial score (nSPS) is 10.2. The maximum absolute atomic E-state index is 11.3. The topological polar surface area (TPSA) is 56.0 Å². The first kappa shape index (κ1) is 10.7. The van der Waals surface area contributed by atoms with Gasteiger partial charge in [0.25, 0.3) is 5.91 Å². The molecule has 0 bridgehead atoms. The first-order valence-electron chi connectivity index (χ1n) is 4.82. The molecule has 0 spiro atoms. The lowest BCUT2D eigenvalue weighted by Gasteiger charge is -2.09. The van der Waals surface area contributed by atoms with Crippen molar-refractivity contribution in [1.82, 2.24) is 4.98 Å². The zero-order valence-corrected chi connectivity index (χ0v) is 8.92. The summed E-state index contributed by atoms with van der Waals surface area (Å²) in [6.07, 6.45) is 3.57. The van der Waals surface area contributed by atoms with Crippen LogP contribution in [0.2, 0.25) is 0 Å². The third-order valence-electron chi connectivity index (χ3n) is 2.40. The lowest BCUT2D eigenvalue weighted by Crippen LogP contribution is -2.17. The number of aryl methyl sites for hydroxylation is 2. The van der Waals surface area contributed by atoms with Crippen molar-refractivity contribution >= 4 is 5.91 Å². The number of primary amides is 1. The Labute approximate surface area is 84.3 Å². The number of rotatable bonds is 3. The van der Waals surface area contributed by atoms with Crippen molar-refractivity contribution in [3.63, 3.8) is 0 Å². The van der Waals surface area contributed by atoms with Crippen LogP contribution in [0.25, 0.3) is 0 Å². The van der Waals surface area contributed by atoms with Crippen LogP contribution < -0.4 is 5.73 Å². The van der Waals surface area contributed by atoms with Gasteiger partial charge >= 0.3 is 0 Å². The van der Waals surface area contributed by atoms with Gasteiger partial charge in [-0.25, -0.2) is 0 Å². The highest BCUT2D eigenvalue weighted by molar-refractivity contribution is 5.95. The van der Waals surface area contributed by atoms with Crippen LogP contribution in [-0.4, -0.2) is 10.9 Å². The summed E-state index contributed by atoms with van der Waals surface area (Å²) >= 11 is 0. The molecule has 1 aromatic heterocycles. The zero-order chi connectivity index (χ0) is 10.7. The Balaban J connectivity index is 3.30. The van der Waals surface area contributed by atoms with Crippen LogP contribution in [0.4, 0.5) is 0 Å². The Hall–Kier alpha value is -1.38. The number of hydrogen-bond donors (Lipinski definition) is 1. The predicted molar refractivity (Wildman–Crippen MR) is 56.2 cm³/mol. The molecule has 1 rings (SSSR count). The number of carbonyl (C=O) groups is 1. The van der Waals surface area contributed by atoms with Gasteiger partial charge in [-0.15, -0.1) is 0 Å². The molecule has 3 heteroatoms. The summed E-state index contributed by atoms with van der Waals surface area (Å²) in [5, 5.41) is 0. The van der Waals surface area contributed by atoms with Gasteiger partial charge in [0.05, 0.1) is 11.3 Å². The summed E-state index contributed by atoms with van der Waals surface area (Å²) < 4.78 is 0. The fourth-order valence-electron chi connectivity index (χ4n) is 1.50. The molecule has 3 nitrogen and oxygen atoms in total. The van der Waals surface area contributed by atoms with E-state index in [0.717, 1.165) is 29.7 Å². The Morgan fingerprint density at radius 2 is 2.14 bits per heavy atom. The van der Waals surface area contributed by atoms with Gasteiger partial charge in [-0.2, -0.15) is 0 Å². The van der Waals surface area contributed by atoms with E-state index in [0.29, 0.717) is 5.56 Å². The summed E-state index contributed by atoms with van der Waals surface area (Å²) in [6.45, 7) is 5.91. The average molecular weight is 192 g/mol. The molecule has 0 aliphatic carbocycles. The SMILES string of the molecule is CCCc1ncc(C)c(C)c1C(N)=O. The maximum Gasteiger partial charge on any atom is 0.250 e. The third kappa shape index (κ3) is 1.92. The summed E-state index contributed by atoms with van der Waals surface area (Å²) in [5.41, 5.74) is 8.73. The minimum atomic E-state index is -0.373. The monoisotopic (exact) mass is 192 g/mol. The number of nitrogens with two attached hydrogens (primary N) is 1. The van der Waals surface area contributed by atoms with Crippen molar-refractivity contribution < 1.29 is 4.79 Å². The van der Waals surface area contributed by atoms with Gasteiger partial charge in [0.1, 0.15) is 0 Å². The molecule has 1 amide bonds. The van der Waals surface area contributed by atoms with E-state index in [1.165, 1.54) is 0 Å². The second-order valence-corrected chi connectivity index (χ2v) is 3.50. The van der Waals surface area contributed by atoms with Gasteiger partial charge in [-0.3, -0.25) is 9.78 Å². The molecule has 0 aromatic carbocycles. The van der Waals surface area contributed by atoms with Gasteiger partial charge < -0.3 is 5.73 Å². The summed E-state index contributed by atoms with van der Waals surface area (Å²) in [6, 6.07) is 0. The second kappa shape index (κ2) is 4.22. The first-order chi connectivity index (χ1) is 6.57. The van der Waals surface area contributed by atoms with E-state index in [4.69, 9.17) is 5.73 Å². The van der Waals surface area contributed by atoms with E-state index in [1.807, 2.05) is 13.8 Å². The molecule has 0 aliphatic rings. The molecule has 2 N–H and O–H groups in total. The molecule has 1 heterocycles. The molecule has 0 fully saturated rings. The molecule has 0 atom stereocenters. The molecule has 14 heavy (non-hydrogen) atoms. The highest BCUT2D eigenvalue weighted by atomic mass is 16.1. The van der Waals surface area contributed by atoms with E-state index < -0.39 is 0 Å². The van der Waals surface area contributed by atoms with Gasteiger partial charge in [0.2, 0.25) is 0 Å². The number of pyridine rings is 1. The highest BCUT2D eigenvalue weighted by Gasteiger charge is 2.13. The Kier molecular flexibility index (Phi) is 3.23. The van der Waals surface area contributed by atoms with Crippen molar-refractivity contribution in [2.45, 2.75) is 33.6 Å². The van der Waals surface area contributed by atoms with Gasteiger partial charge in [-0.05, 0) is 31.4 Å². The number of hydrogen-bond acceptors (Lipinski definition) is 2. The molecule has 0 saturated carbocycles. The summed E-state index contributed by atoms with van der Waals surface area (Å²) in [7, 11) is 0. The highest BCUT2D eigenvalue weighted by Crippen LogP contribution is 2.16. The Bertz CT molecular complexity index is 359. The third-order valence-corrected chi connectivity index (χ3v) is 2.40. The predicted octanol–water partition coefficient (Wildman–Crippen LogP) is 1.75. The average Bonchev–Trinajstić information content (AvgIpc) is 2.11. The molecule has 1 aromatic rings. The van der Waals surface area contributed by atoms with E-state index >= 15 is 0 Å². The van der Waals surface area contributed by atoms with Crippen molar-refractivity contribution in [2.75, 3.05) is 0 Å². The van der Waals surface area contributed by atoms with Crippen LogP contribution >= 0.6 is 0 Å². The van der Waals surface area contributed by atoms with E-state index in [1.54, 1.807) is 6.20 Å². The molecular weight excluding hydrogens is 176 g/mol. The fourth-order valence-corrected chi connectivity index (χ4v) is 1.50. The quantitative estimate of drug-likeness (QED) is 0.793. The molecular formula is C11H16N2O. The minimum absolute atomic E-state index is 0.373. The molecule has 76 valence electrons. The second-order valence-electron chi connectivity index (χ2n) is 3.50. The zero-order valence-electron chi connectivity index (χ0n) is 8.92. The van der Waals surface area contributed by atoms with E-state index in [2.05, 4.69) is 11.9 Å². The van der Waals surface area contributed by atoms with Crippen LogP contribution in [0, 0.1) is 13.8 Å². The van der Waals surface area contributed by atoms with E-state index in [-0.39, 0.29) is 5.91 Å². The number of nitrogens with zero attached hydrogens (tertiary/aromatic N) is 1. The largest absolute Gasteiger partial charge is 0.366 e. The van der Waals surface area contributed by atoms with Crippen LogP contribution in [-0.2, 0) is 6.42 Å². The molecule has 0 radical (unpaired) electrons. The standard InChI is InChI=1S/C11H16N2O/c1-4-5-9-10(11(12)14)8(3)7(2)6-13-9/h6H,4-5H2,1-3H3,(H2,12,14). The lowest BCUT2D eigenvalue weighted by molar-refractivity contribution is 0.0998. The molecule has 0 saturated heterocycles. The Morgan fingerprint density at radius 3 is 2.64 bits per heavy atom. The summed E-state index contributed by atoms with van der Waals surface area (Å²) in [5.74, 6) is -0.373. The molecule has 0 unspecified atom stereocenters. The van der Waals surface area contributed by atoms with Crippen molar-refractivity contribution in [3.05, 3.63) is 28.6 Å². The lowest BCUT2D eigenvalue weighted by atomic mass is 10.0. The summed E-state index contributed by atoms with van der Waals surface area (Å²) in [4.78, 5) is 15.5. The van der Waals surface area contributed by atoms with Crippen LogP contribution in [0.5, 0.6) is 0 Å².